The van der Waals surface area contributed by atoms with Crippen LogP contribution in [0.4, 0.5) is 0 Å². The first-order valence-corrected chi connectivity index (χ1v) is 5.49. The van der Waals surface area contributed by atoms with Crippen molar-refractivity contribution in [2.75, 3.05) is 0 Å². The van der Waals surface area contributed by atoms with E-state index in [2.05, 4.69) is 15.4 Å². The Morgan fingerprint density at radius 2 is 2.40 bits per heavy atom. The highest BCUT2D eigenvalue weighted by molar-refractivity contribution is 7.10. The minimum absolute atomic E-state index is 0.412. The van der Waals surface area contributed by atoms with E-state index in [1.54, 1.807) is 18.4 Å². The summed E-state index contributed by atoms with van der Waals surface area (Å²) in [6, 6.07) is 1.99. The van der Waals surface area contributed by atoms with Gasteiger partial charge in [-0.25, -0.2) is 0 Å². The van der Waals surface area contributed by atoms with Gasteiger partial charge in [0, 0.05) is 11.3 Å². The van der Waals surface area contributed by atoms with Crippen molar-refractivity contribution in [3.8, 4) is 0 Å². The van der Waals surface area contributed by atoms with Gasteiger partial charge in [-0.05, 0) is 29.1 Å². The molecule has 0 fully saturated rings. The average Bonchev–Trinajstić information content (AvgIpc) is 2.75. The second kappa shape index (κ2) is 4.08. The SMILES string of the molecule is Cc1ccsc1C(O)Cc1nnn(C)n1. The van der Waals surface area contributed by atoms with Crippen LogP contribution in [0.1, 0.15) is 22.4 Å². The molecule has 80 valence electrons. The van der Waals surface area contributed by atoms with Crippen LogP contribution in [0.15, 0.2) is 11.4 Å². The van der Waals surface area contributed by atoms with Crippen molar-refractivity contribution < 1.29 is 5.11 Å². The molecule has 2 rings (SSSR count). The second-order valence-corrected chi connectivity index (χ2v) is 4.33. The van der Waals surface area contributed by atoms with Crippen LogP contribution in [0.5, 0.6) is 0 Å². The molecule has 0 spiro atoms. The van der Waals surface area contributed by atoms with Crippen LogP contribution in [0.3, 0.4) is 0 Å². The van der Waals surface area contributed by atoms with Crippen LogP contribution in [-0.2, 0) is 13.5 Å². The molecule has 0 saturated carbocycles. The monoisotopic (exact) mass is 224 g/mol. The van der Waals surface area contributed by atoms with Crippen molar-refractivity contribution in [2.24, 2.45) is 7.05 Å². The minimum atomic E-state index is -0.533. The maximum Gasteiger partial charge on any atom is 0.177 e. The molecule has 0 radical (unpaired) electrons. The maximum absolute atomic E-state index is 9.95. The normalized spacial score (nSPS) is 13.0. The van der Waals surface area contributed by atoms with Crippen LogP contribution in [0.2, 0.25) is 0 Å². The predicted molar refractivity (Wildman–Crippen MR) is 56.5 cm³/mol. The first kappa shape index (κ1) is 10.3. The Labute approximate surface area is 91.4 Å². The third-order valence-electron chi connectivity index (χ3n) is 2.13. The summed E-state index contributed by atoms with van der Waals surface area (Å²) in [5, 5.41) is 23.5. The highest BCUT2D eigenvalue weighted by atomic mass is 32.1. The molecular weight excluding hydrogens is 212 g/mol. The van der Waals surface area contributed by atoms with Crippen molar-refractivity contribution in [3.05, 3.63) is 27.7 Å². The Balaban J connectivity index is 2.10. The number of aliphatic hydroxyl groups is 1. The molecule has 0 aliphatic rings. The van der Waals surface area contributed by atoms with Crippen LogP contribution in [0, 0.1) is 6.92 Å². The summed E-state index contributed by atoms with van der Waals surface area (Å²) in [5.41, 5.74) is 1.11. The lowest BCUT2D eigenvalue weighted by atomic mass is 10.1. The number of nitrogens with zero attached hydrogens (tertiary/aromatic N) is 4. The molecule has 6 heteroatoms. The van der Waals surface area contributed by atoms with Gasteiger partial charge >= 0.3 is 0 Å². The van der Waals surface area contributed by atoms with Gasteiger partial charge in [-0.15, -0.1) is 21.5 Å². The summed E-state index contributed by atoms with van der Waals surface area (Å²) in [6.45, 7) is 1.99. The Morgan fingerprint density at radius 1 is 1.60 bits per heavy atom. The molecule has 5 nitrogen and oxygen atoms in total. The summed E-state index contributed by atoms with van der Waals surface area (Å²) in [6.07, 6.45) is -0.121. The highest BCUT2D eigenvalue weighted by Crippen LogP contribution is 2.25. The third-order valence-corrected chi connectivity index (χ3v) is 3.25. The number of hydrogen-bond donors (Lipinski definition) is 1. The van der Waals surface area contributed by atoms with E-state index in [0.717, 1.165) is 10.4 Å². The Morgan fingerprint density at radius 3 is 2.93 bits per heavy atom. The van der Waals surface area contributed by atoms with Gasteiger partial charge in [0.25, 0.3) is 0 Å². The number of aryl methyl sites for hydroxylation is 2. The van der Waals surface area contributed by atoms with Crippen molar-refractivity contribution in [1.82, 2.24) is 20.2 Å². The second-order valence-electron chi connectivity index (χ2n) is 3.38. The molecule has 1 atom stereocenters. The molecule has 0 saturated heterocycles. The highest BCUT2D eigenvalue weighted by Gasteiger charge is 2.15. The van der Waals surface area contributed by atoms with Gasteiger partial charge in [0.15, 0.2) is 5.82 Å². The Hall–Kier alpha value is -1.27. The molecule has 0 aromatic carbocycles. The summed E-state index contributed by atoms with van der Waals surface area (Å²) < 4.78 is 0. The van der Waals surface area contributed by atoms with Crippen LogP contribution in [0.25, 0.3) is 0 Å². The molecule has 0 amide bonds. The summed E-state index contributed by atoms with van der Waals surface area (Å²) in [5.74, 6) is 0.567. The molecule has 1 unspecified atom stereocenters. The average molecular weight is 224 g/mol. The molecule has 2 aromatic heterocycles. The standard InChI is InChI=1S/C9H12N4OS/c1-6-3-4-15-9(6)7(14)5-8-10-12-13(2)11-8/h3-4,7,14H,5H2,1-2H3. The fraction of sp³-hybridized carbons (Fsp3) is 0.444. The lowest BCUT2D eigenvalue weighted by Crippen LogP contribution is -2.03. The topological polar surface area (TPSA) is 63.8 Å². The summed E-state index contributed by atoms with van der Waals surface area (Å²) in [4.78, 5) is 2.37. The first-order valence-electron chi connectivity index (χ1n) is 4.61. The van der Waals surface area contributed by atoms with E-state index in [1.807, 2.05) is 18.4 Å². The zero-order valence-corrected chi connectivity index (χ0v) is 9.40. The molecule has 2 aromatic rings. The maximum atomic E-state index is 9.95. The Bertz CT molecular complexity index is 450. The number of aromatic nitrogens is 4. The van der Waals surface area contributed by atoms with Crippen molar-refractivity contribution >= 4 is 11.3 Å². The molecule has 2 heterocycles. The molecule has 0 aliphatic heterocycles. The predicted octanol–water partition coefficient (Wildman–Crippen LogP) is 0.856. The molecule has 15 heavy (non-hydrogen) atoms. The van der Waals surface area contributed by atoms with Gasteiger partial charge in [-0.2, -0.15) is 4.80 Å². The summed E-state index contributed by atoms with van der Waals surface area (Å²) >= 11 is 1.55. The van der Waals surface area contributed by atoms with Crippen LogP contribution < -0.4 is 0 Å². The summed E-state index contributed by atoms with van der Waals surface area (Å²) in [7, 11) is 1.71. The number of hydrogen-bond acceptors (Lipinski definition) is 5. The number of thiophene rings is 1. The Kier molecular flexibility index (Phi) is 2.79. The van der Waals surface area contributed by atoms with Gasteiger partial charge in [-0.1, -0.05) is 0 Å². The van der Waals surface area contributed by atoms with E-state index < -0.39 is 6.10 Å². The third kappa shape index (κ3) is 2.21. The lowest BCUT2D eigenvalue weighted by molar-refractivity contribution is 0.179. The van der Waals surface area contributed by atoms with Gasteiger partial charge in [0.05, 0.1) is 13.2 Å². The smallest absolute Gasteiger partial charge is 0.177 e. The van der Waals surface area contributed by atoms with E-state index in [0.29, 0.717) is 12.2 Å². The van der Waals surface area contributed by atoms with E-state index in [-0.39, 0.29) is 0 Å². The molecular formula is C9H12N4OS. The van der Waals surface area contributed by atoms with Gasteiger partial charge in [-0.3, -0.25) is 0 Å². The van der Waals surface area contributed by atoms with Crippen molar-refractivity contribution in [2.45, 2.75) is 19.4 Å². The molecule has 0 aliphatic carbocycles. The minimum Gasteiger partial charge on any atom is -0.387 e. The van der Waals surface area contributed by atoms with E-state index >= 15 is 0 Å². The lowest BCUT2D eigenvalue weighted by Gasteiger charge is -2.06. The molecule has 0 bridgehead atoms. The zero-order chi connectivity index (χ0) is 10.8. The fourth-order valence-electron chi connectivity index (χ4n) is 1.40. The van der Waals surface area contributed by atoms with Crippen molar-refractivity contribution in [3.63, 3.8) is 0 Å². The van der Waals surface area contributed by atoms with Gasteiger partial charge in [0.1, 0.15) is 0 Å². The van der Waals surface area contributed by atoms with Gasteiger partial charge in [0.2, 0.25) is 0 Å². The van der Waals surface area contributed by atoms with Gasteiger partial charge < -0.3 is 5.11 Å². The van der Waals surface area contributed by atoms with E-state index in [4.69, 9.17) is 0 Å². The number of tetrazole rings is 1. The first-order chi connectivity index (χ1) is 7.16. The number of aliphatic hydroxyl groups excluding tert-OH is 1. The van der Waals surface area contributed by atoms with E-state index in [1.165, 1.54) is 4.80 Å². The van der Waals surface area contributed by atoms with E-state index in [9.17, 15) is 5.11 Å². The van der Waals surface area contributed by atoms with Crippen LogP contribution >= 0.6 is 11.3 Å². The fourth-order valence-corrected chi connectivity index (χ4v) is 2.31. The number of rotatable bonds is 3. The molecule has 1 N–H and O–H groups in total. The largest absolute Gasteiger partial charge is 0.387 e. The zero-order valence-electron chi connectivity index (χ0n) is 8.58. The van der Waals surface area contributed by atoms with Crippen molar-refractivity contribution in [1.29, 1.82) is 0 Å². The quantitative estimate of drug-likeness (QED) is 0.839. The van der Waals surface area contributed by atoms with Crippen LogP contribution in [-0.4, -0.2) is 25.3 Å².